The maximum atomic E-state index is 6.28. The Bertz CT molecular complexity index is 1410. The van der Waals surface area contributed by atoms with E-state index < -0.39 is 0 Å². The molecule has 4 aromatic carbocycles. The summed E-state index contributed by atoms with van der Waals surface area (Å²) in [5.74, 6) is 1.85. The Morgan fingerprint density at radius 2 is 1.68 bits per heavy atom. The van der Waals surface area contributed by atoms with Gasteiger partial charge in [0.15, 0.2) is 0 Å². The molecule has 1 aromatic heterocycles. The summed E-state index contributed by atoms with van der Waals surface area (Å²) in [4.78, 5) is 0. The highest BCUT2D eigenvalue weighted by Crippen LogP contribution is 2.29. The van der Waals surface area contributed by atoms with E-state index in [4.69, 9.17) is 4.74 Å². The van der Waals surface area contributed by atoms with Crippen LogP contribution in [-0.4, -0.2) is 32.5 Å². The third kappa shape index (κ3) is 6.89. The van der Waals surface area contributed by atoms with Crippen molar-refractivity contribution in [3.05, 3.63) is 108 Å². The molecule has 190 valence electrons. The molecule has 0 amide bonds. The van der Waals surface area contributed by atoms with Gasteiger partial charge in [-0.2, -0.15) is 4.68 Å². The minimum atomic E-state index is 0. The second-order valence-corrected chi connectivity index (χ2v) is 9.69. The SMILES string of the molecule is Cc1ccc(COc2ccc3ccccc3c2CNCCCSc2nnnn2-c2ccccc2)cc1.Cl. The fourth-order valence-corrected chi connectivity index (χ4v) is 4.88. The Labute approximate surface area is 227 Å². The van der Waals surface area contributed by atoms with Gasteiger partial charge < -0.3 is 10.1 Å². The smallest absolute Gasteiger partial charge is 0.214 e. The summed E-state index contributed by atoms with van der Waals surface area (Å²) in [7, 11) is 0. The van der Waals surface area contributed by atoms with Crippen LogP contribution in [0.4, 0.5) is 0 Å². The lowest BCUT2D eigenvalue weighted by atomic mass is 10.0. The van der Waals surface area contributed by atoms with Gasteiger partial charge in [-0.3, -0.25) is 0 Å². The molecule has 5 rings (SSSR count). The number of nitrogens with one attached hydrogen (secondary N) is 1. The van der Waals surface area contributed by atoms with Gasteiger partial charge in [0.1, 0.15) is 12.4 Å². The van der Waals surface area contributed by atoms with Gasteiger partial charge in [-0.1, -0.05) is 90.1 Å². The summed E-state index contributed by atoms with van der Waals surface area (Å²) in [6.07, 6.45) is 0.997. The van der Waals surface area contributed by atoms with E-state index in [2.05, 4.69) is 88.4 Å². The largest absolute Gasteiger partial charge is 0.489 e. The molecule has 0 radical (unpaired) electrons. The van der Waals surface area contributed by atoms with Crippen molar-refractivity contribution in [3.63, 3.8) is 0 Å². The molecular formula is C29H30ClN5OS. The van der Waals surface area contributed by atoms with Crippen molar-refractivity contribution in [1.29, 1.82) is 0 Å². The van der Waals surface area contributed by atoms with E-state index in [0.29, 0.717) is 6.61 Å². The lowest BCUT2D eigenvalue weighted by Gasteiger charge is -2.15. The molecule has 0 bridgehead atoms. The predicted octanol–water partition coefficient (Wildman–Crippen LogP) is 6.40. The van der Waals surface area contributed by atoms with Crippen LogP contribution in [0.15, 0.2) is 96.2 Å². The second kappa shape index (κ2) is 13.2. The number of rotatable bonds is 11. The monoisotopic (exact) mass is 531 g/mol. The molecule has 0 saturated carbocycles. The first kappa shape index (κ1) is 26.7. The summed E-state index contributed by atoms with van der Waals surface area (Å²) in [6.45, 7) is 4.29. The zero-order valence-corrected chi connectivity index (χ0v) is 22.3. The minimum absolute atomic E-state index is 0. The van der Waals surface area contributed by atoms with E-state index >= 15 is 0 Å². The number of benzene rings is 4. The fraction of sp³-hybridized carbons (Fsp3) is 0.207. The molecule has 0 saturated heterocycles. The number of halogens is 1. The number of aromatic nitrogens is 4. The van der Waals surface area contributed by atoms with Crippen LogP contribution in [0.25, 0.3) is 16.5 Å². The van der Waals surface area contributed by atoms with Crippen molar-refractivity contribution in [2.75, 3.05) is 12.3 Å². The van der Waals surface area contributed by atoms with Gasteiger partial charge in [0, 0.05) is 17.9 Å². The van der Waals surface area contributed by atoms with Crippen molar-refractivity contribution < 1.29 is 4.74 Å². The molecular weight excluding hydrogens is 502 g/mol. The van der Waals surface area contributed by atoms with Gasteiger partial charge in [-0.15, -0.1) is 17.5 Å². The van der Waals surface area contributed by atoms with Gasteiger partial charge >= 0.3 is 0 Å². The maximum Gasteiger partial charge on any atom is 0.214 e. The van der Waals surface area contributed by atoms with Crippen molar-refractivity contribution in [1.82, 2.24) is 25.5 Å². The van der Waals surface area contributed by atoms with Gasteiger partial charge in [0.05, 0.1) is 5.69 Å². The minimum Gasteiger partial charge on any atom is -0.489 e. The molecule has 0 unspecified atom stereocenters. The van der Waals surface area contributed by atoms with E-state index in [1.54, 1.807) is 16.4 Å². The van der Waals surface area contributed by atoms with Crippen LogP contribution in [0, 0.1) is 6.92 Å². The Hall–Kier alpha value is -3.39. The molecule has 1 N–H and O–H groups in total. The predicted molar refractivity (Wildman–Crippen MR) is 153 cm³/mol. The Kier molecular flexibility index (Phi) is 9.54. The summed E-state index contributed by atoms with van der Waals surface area (Å²) in [5.41, 5.74) is 4.59. The molecule has 8 heteroatoms. The molecule has 0 aliphatic rings. The zero-order chi connectivity index (χ0) is 24.6. The highest BCUT2D eigenvalue weighted by molar-refractivity contribution is 7.99. The lowest BCUT2D eigenvalue weighted by molar-refractivity contribution is 0.303. The third-order valence-corrected chi connectivity index (χ3v) is 6.99. The number of para-hydroxylation sites is 1. The van der Waals surface area contributed by atoms with Crippen molar-refractivity contribution >= 4 is 34.9 Å². The normalized spacial score (nSPS) is 10.8. The summed E-state index contributed by atoms with van der Waals surface area (Å²) in [6, 6.07) is 31.2. The quantitative estimate of drug-likeness (QED) is 0.157. The van der Waals surface area contributed by atoms with Gasteiger partial charge in [-0.05, 0) is 64.9 Å². The zero-order valence-electron chi connectivity index (χ0n) is 20.7. The van der Waals surface area contributed by atoms with Crippen LogP contribution in [0.5, 0.6) is 5.75 Å². The number of thioether (sulfide) groups is 1. The molecule has 1 heterocycles. The highest BCUT2D eigenvalue weighted by atomic mass is 35.5. The highest BCUT2D eigenvalue weighted by Gasteiger charge is 2.11. The van der Waals surface area contributed by atoms with E-state index in [1.807, 2.05) is 30.3 Å². The number of hydrogen-bond acceptors (Lipinski definition) is 6. The van der Waals surface area contributed by atoms with Gasteiger partial charge in [0.2, 0.25) is 5.16 Å². The summed E-state index contributed by atoms with van der Waals surface area (Å²) < 4.78 is 8.07. The summed E-state index contributed by atoms with van der Waals surface area (Å²) in [5, 5.41) is 19.0. The average molecular weight is 532 g/mol. The number of fused-ring (bicyclic) bond motifs is 1. The van der Waals surface area contributed by atoms with E-state index in [-0.39, 0.29) is 12.4 Å². The number of aryl methyl sites for hydroxylation is 1. The maximum absolute atomic E-state index is 6.28. The van der Waals surface area contributed by atoms with Crippen molar-refractivity contribution in [3.8, 4) is 11.4 Å². The van der Waals surface area contributed by atoms with Gasteiger partial charge in [0.25, 0.3) is 0 Å². The average Bonchev–Trinajstić information content (AvgIpc) is 3.40. The summed E-state index contributed by atoms with van der Waals surface area (Å²) >= 11 is 1.67. The van der Waals surface area contributed by atoms with Crippen LogP contribution in [-0.2, 0) is 13.2 Å². The van der Waals surface area contributed by atoms with Crippen LogP contribution < -0.4 is 10.1 Å². The lowest BCUT2D eigenvalue weighted by Crippen LogP contribution is -2.16. The molecule has 0 aliphatic carbocycles. The molecule has 5 aromatic rings. The van der Waals surface area contributed by atoms with E-state index in [0.717, 1.165) is 41.9 Å². The Balaban J connectivity index is 0.00000320. The molecule has 0 fully saturated rings. The fourth-order valence-electron chi connectivity index (χ4n) is 4.05. The molecule has 0 spiro atoms. The van der Waals surface area contributed by atoms with E-state index in [1.165, 1.54) is 27.5 Å². The van der Waals surface area contributed by atoms with Crippen molar-refractivity contribution in [2.24, 2.45) is 0 Å². The van der Waals surface area contributed by atoms with Crippen LogP contribution >= 0.6 is 24.2 Å². The molecule has 37 heavy (non-hydrogen) atoms. The Morgan fingerprint density at radius 1 is 0.892 bits per heavy atom. The van der Waals surface area contributed by atoms with Crippen LogP contribution in [0.1, 0.15) is 23.1 Å². The third-order valence-electron chi connectivity index (χ3n) is 5.99. The topological polar surface area (TPSA) is 64.9 Å². The van der Waals surface area contributed by atoms with Crippen LogP contribution in [0.3, 0.4) is 0 Å². The Morgan fingerprint density at radius 3 is 2.51 bits per heavy atom. The number of tetrazole rings is 1. The van der Waals surface area contributed by atoms with E-state index in [9.17, 15) is 0 Å². The number of ether oxygens (including phenoxy) is 1. The first-order chi connectivity index (χ1) is 17.8. The number of hydrogen-bond donors (Lipinski definition) is 1. The molecule has 6 nitrogen and oxygen atoms in total. The standard InChI is InChI=1S/C29H29N5OS.ClH/c1-22-12-14-23(15-13-22)21-35-28-17-16-24-8-5-6-11-26(24)27(28)20-30-18-7-19-36-29-31-32-33-34(29)25-9-3-2-4-10-25;/h2-6,8-17,30H,7,18-21H2,1H3;1H. The first-order valence-electron chi connectivity index (χ1n) is 12.1. The first-order valence-corrected chi connectivity index (χ1v) is 13.1. The molecule has 0 atom stereocenters. The molecule has 0 aliphatic heterocycles. The number of nitrogens with zero attached hydrogens (tertiary/aromatic N) is 4. The second-order valence-electron chi connectivity index (χ2n) is 8.63. The van der Waals surface area contributed by atoms with Crippen LogP contribution in [0.2, 0.25) is 0 Å². The van der Waals surface area contributed by atoms with Crippen molar-refractivity contribution in [2.45, 2.75) is 31.7 Å². The van der Waals surface area contributed by atoms with Gasteiger partial charge in [-0.25, -0.2) is 0 Å².